The first-order valence-corrected chi connectivity index (χ1v) is 23.2. The Hall–Kier alpha value is -3.10. The van der Waals surface area contributed by atoms with Crippen molar-refractivity contribution in [2.75, 3.05) is 24.7 Å². The Morgan fingerprint density at radius 1 is 0.482 bits per heavy atom. The number of hydrogen-bond donors (Lipinski definition) is 2. The Labute approximate surface area is 330 Å². The first kappa shape index (κ1) is 49.0. The van der Waals surface area contributed by atoms with Gasteiger partial charge in [0.15, 0.2) is 32.6 Å². The van der Waals surface area contributed by atoms with Crippen LogP contribution in [-0.2, 0) is 65.0 Å². The molecule has 2 N–H and O–H groups in total. The van der Waals surface area contributed by atoms with Gasteiger partial charge in [0.2, 0.25) is 0 Å². The van der Waals surface area contributed by atoms with Crippen LogP contribution in [0.1, 0.15) is 35.1 Å². The quantitative estimate of drug-likeness (QED) is 0.0456. The largest absolute Gasteiger partial charge is 0.743 e. The first-order chi connectivity index (χ1) is 26.3. The molecule has 4 aromatic rings. The fourth-order valence-corrected chi connectivity index (χ4v) is 10.2. The zero-order valence-corrected chi connectivity index (χ0v) is 33.3. The van der Waals surface area contributed by atoms with Gasteiger partial charge in [0.25, 0.3) is 0 Å². The molecule has 0 aliphatic heterocycles. The van der Waals surface area contributed by atoms with Crippen molar-refractivity contribution in [3.8, 4) is 0 Å². The van der Waals surface area contributed by atoms with Crippen LogP contribution in [-0.4, -0.2) is 83.7 Å². The van der Waals surface area contributed by atoms with Gasteiger partial charge in [-0.1, -0.05) is 121 Å². The second kappa shape index (κ2) is 24.0. The molecular weight excluding hydrogens is 827 g/mol. The molecule has 8 nitrogen and oxygen atoms in total. The minimum absolute atomic E-state index is 0.386. The number of benzene rings is 4. The van der Waals surface area contributed by atoms with Crippen molar-refractivity contribution in [1.82, 2.24) is 0 Å². The van der Waals surface area contributed by atoms with Gasteiger partial charge in [-0.25, -0.2) is 25.6 Å². The second-order valence-corrected chi connectivity index (χ2v) is 19.5. The van der Waals surface area contributed by atoms with Crippen molar-refractivity contribution in [1.29, 1.82) is 0 Å². The summed E-state index contributed by atoms with van der Waals surface area (Å²) in [5.41, 5.74) is 5.92. The standard InChI is InChI=1S/C32H36S2.2C3H5F3O4S/c1-5-15-29(16-6-1)25-33(26-30-17-7-2-8-18-30)23-13-14-24-34(27-31-19-9-3-10-20-31)28-32-21-11-4-12-22-32;2*4-2(1-7)3(5,6)11(8,9)10/h1-12,15-22H,13-14,23-28H2;2*2,7H,1H2,(H,8,9,10)/q+2;;/p-2. The van der Waals surface area contributed by atoms with Crippen LogP contribution < -0.4 is 0 Å². The highest BCUT2D eigenvalue weighted by molar-refractivity contribution is 7.95. The fourth-order valence-electron chi connectivity index (χ4n) is 4.77. The van der Waals surface area contributed by atoms with Crippen molar-refractivity contribution < 1.29 is 62.5 Å². The zero-order valence-electron chi connectivity index (χ0n) is 30.0. The van der Waals surface area contributed by atoms with Crippen molar-refractivity contribution in [2.45, 2.75) is 58.7 Å². The summed E-state index contributed by atoms with van der Waals surface area (Å²) in [5.74, 6) is 7.48. The van der Waals surface area contributed by atoms with E-state index in [1.165, 1.54) is 69.6 Å². The monoisotopic (exact) mass is 870 g/mol. The average molecular weight is 871 g/mol. The van der Waals surface area contributed by atoms with Gasteiger partial charge < -0.3 is 19.3 Å². The summed E-state index contributed by atoms with van der Waals surface area (Å²) in [5, 5.41) is 5.44. The van der Waals surface area contributed by atoms with E-state index in [2.05, 4.69) is 121 Å². The third kappa shape index (κ3) is 17.2. The van der Waals surface area contributed by atoms with Crippen LogP contribution in [0.4, 0.5) is 26.3 Å². The molecule has 0 saturated carbocycles. The highest BCUT2D eigenvalue weighted by Gasteiger charge is 2.47. The Morgan fingerprint density at radius 2 is 0.696 bits per heavy atom. The Balaban J connectivity index is 0.000000404. The van der Waals surface area contributed by atoms with Crippen LogP contribution in [0.2, 0.25) is 0 Å². The lowest BCUT2D eigenvalue weighted by molar-refractivity contribution is -0.0274. The summed E-state index contributed by atoms with van der Waals surface area (Å²) in [6.45, 7) is -3.43. The molecule has 0 radical (unpaired) electrons. The average Bonchev–Trinajstić information content (AvgIpc) is 3.17. The van der Waals surface area contributed by atoms with Gasteiger partial charge in [0, 0.05) is 22.3 Å². The van der Waals surface area contributed by atoms with Crippen LogP contribution in [0.5, 0.6) is 0 Å². The van der Waals surface area contributed by atoms with Crippen LogP contribution in [0.15, 0.2) is 121 Å². The highest BCUT2D eigenvalue weighted by atomic mass is 32.2. The molecule has 310 valence electrons. The predicted molar refractivity (Wildman–Crippen MR) is 208 cm³/mol. The Morgan fingerprint density at radius 3 is 0.857 bits per heavy atom. The summed E-state index contributed by atoms with van der Waals surface area (Å²) >= 11 is 0. The maximum Gasteiger partial charge on any atom is 0.367 e. The molecule has 4 aromatic carbocycles. The van der Waals surface area contributed by atoms with E-state index >= 15 is 0 Å². The van der Waals surface area contributed by atoms with E-state index in [1.54, 1.807) is 0 Å². The molecule has 0 heterocycles. The van der Waals surface area contributed by atoms with Crippen molar-refractivity contribution in [2.24, 2.45) is 0 Å². The molecule has 0 saturated heterocycles. The molecule has 0 fully saturated rings. The number of aliphatic hydroxyl groups excluding tert-OH is 2. The molecule has 0 bridgehead atoms. The summed E-state index contributed by atoms with van der Waals surface area (Å²) in [7, 11) is -11.3. The summed E-state index contributed by atoms with van der Waals surface area (Å²) in [6, 6.07) is 44.3. The highest BCUT2D eigenvalue weighted by Crippen LogP contribution is 2.27. The van der Waals surface area contributed by atoms with Gasteiger partial charge in [0.1, 0.15) is 34.5 Å². The lowest BCUT2D eigenvalue weighted by atomic mass is 10.2. The molecule has 56 heavy (non-hydrogen) atoms. The van der Waals surface area contributed by atoms with Crippen LogP contribution in [0.25, 0.3) is 0 Å². The van der Waals surface area contributed by atoms with Crippen molar-refractivity contribution >= 4 is 42.0 Å². The number of alkyl halides is 6. The van der Waals surface area contributed by atoms with E-state index in [1.807, 2.05) is 0 Å². The topological polar surface area (TPSA) is 155 Å². The molecule has 0 aromatic heterocycles. The minimum Gasteiger partial charge on any atom is -0.743 e. The van der Waals surface area contributed by atoms with Gasteiger partial charge in [-0.3, -0.25) is 0 Å². The predicted octanol–water partition coefficient (Wildman–Crippen LogP) is 6.71. The third-order valence-electron chi connectivity index (χ3n) is 7.69. The number of aliphatic hydroxyl groups is 2. The van der Waals surface area contributed by atoms with E-state index in [0.717, 1.165) is 0 Å². The number of halogens is 6. The van der Waals surface area contributed by atoms with Crippen molar-refractivity contribution in [3.05, 3.63) is 144 Å². The number of rotatable bonds is 19. The molecule has 0 aliphatic carbocycles. The second-order valence-electron chi connectivity index (χ2n) is 12.2. The van der Waals surface area contributed by atoms with E-state index in [-0.39, 0.29) is 0 Å². The molecule has 2 atom stereocenters. The summed E-state index contributed by atoms with van der Waals surface area (Å²) in [4.78, 5) is 0. The molecule has 0 amide bonds. The Bertz CT molecular complexity index is 1660. The van der Waals surface area contributed by atoms with Gasteiger partial charge in [0.05, 0.1) is 13.2 Å². The van der Waals surface area contributed by atoms with Gasteiger partial charge >= 0.3 is 10.5 Å². The zero-order chi connectivity index (χ0) is 41.8. The molecular formula is C38H44F6O8S4. The number of unbranched alkanes of at least 4 members (excludes halogenated alkanes) is 1. The lowest BCUT2D eigenvalue weighted by Gasteiger charge is -2.21. The van der Waals surface area contributed by atoms with E-state index in [9.17, 15) is 52.3 Å². The smallest absolute Gasteiger partial charge is 0.367 e. The third-order valence-corrected chi connectivity index (χ3v) is 14.2. The Kier molecular flexibility index (Phi) is 21.0. The fraction of sp³-hybridized carbons (Fsp3) is 0.368. The number of hydrogen-bond acceptors (Lipinski definition) is 8. The SMILES string of the molecule is O=S(=O)([O-])C(F)(F)C(F)CO.O=S(=O)([O-])C(F)(F)C(F)CO.c1ccc(C[S+](CCCC[S+](Cc2ccccc2)Cc2ccccc2)Cc2ccccc2)cc1. The molecule has 4 rings (SSSR count). The van der Waals surface area contributed by atoms with Gasteiger partial charge in [-0.05, 0) is 34.6 Å². The lowest BCUT2D eigenvalue weighted by Crippen LogP contribution is -2.40. The van der Waals surface area contributed by atoms with Crippen LogP contribution in [0, 0.1) is 0 Å². The normalized spacial score (nSPS) is 13.3. The molecule has 0 spiro atoms. The van der Waals surface area contributed by atoms with E-state index < -0.39 is 56.3 Å². The maximum absolute atomic E-state index is 11.9. The molecule has 2 unspecified atom stereocenters. The van der Waals surface area contributed by atoms with Gasteiger partial charge in [-0.2, -0.15) is 17.6 Å². The summed E-state index contributed by atoms with van der Waals surface area (Å²) < 4.78 is 129. The van der Waals surface area contributed by atoms with Crippen molar-refractivity contribution in [3.63, 3.8) is 0 Å². The first-order valence-electron chi connectivity index (χ1n) is 16.9. The minimum atomic E-state index is -6.03. The van der Waals surface area contributed by atoms with E-state index in [4.69, 9.17) is 10.2 Å². The van der Waals surface area contributed by atoms with Crippen LogP contribution >= 0.6 is 0 Å². The van der Waals surface area contributed by atoms with E-state index in [0.29, 0.717) is 21.8 Å². The molecule has 0 aliphatic rings. The summed E-state index contributed by atoms with van der Waals surface area (Å²) in [6.07, 6.45) is -4.08. The maximum atomic E-state index is 11.9. The molecule has 18 heteroatoms. The van der Waals surface area contributed by atoms with Crippen LogP contribution in [0.3, 0.4) is 0 Å². The van der Waals surface area contributed by atoms with Gasteiger partial charge in [-0.15, -0.1) is 0 Å².